The van der Waals surface area contributed by atoms with Crippen LogP contribution in [0, 0.1) is 5.92 Å². The molecular formula is C12H19N3O. The van der Waals surface area contributed by atoms with E-state index in [1.807, 2.05) is 12.1 Å². The summed E-state index contributed by atoms with van der Waals surface area (Å²) in [5.74, 6) is 1.31. The number of nitrogens with zero attached hydrogens (tertiary/aromatic N) is 3. The minimum atomic E-state index is 0.588. The molecule has 1 aliphatic rings. The zero-order valence-corrected chi connectivity index (χ0v) is 10.0. The average Bonchev–Trinajstić information content (AvgIpc) is 2.30. The van der Waals surface area contributed by atoms with E-state index in [1.54, 1.807) is 7.11 Å². The normalized spacial score (nSPS) is 22.0. The molecule has 1 unspecified atom stereocenters. The molecule has 0 aliphatic carbocycles. The van der Waals surface area contributed by atoms with Gasteiger partial charge in [0.15, 0.2) is 0 Å². The molecule has 4 nitrogen and oxygen atoms in total. The highest BCUT2D eigenvalue weighted by Gasteiger charge is 2.18. The highest BCUT2D eigenvalue weighted by atomic mass is 16.5. The minimum Gasteiger partial charge on any atom is -0.480 e. The fraction of sp³-hybridized carbons (Fsp3) is 0.667. The Kier molecular flexibility index (Phi) is 3.72. The van der Waals surface area contributed by atoms with Crippen LogP contribution in [0.3, 0.4) is 0 Å². The number of likely N-dealkylation sites (tertiary alicyclic amines) is 1. The molecule has 1 fully saturated rings. The summed E-state index contributed by atoms with van der Waals surface area (Å²) in [4.78, 5) is 2.39. The first-order valence-electron chi connectivity index (χ1n) is 5.83. The van der Waals surface area contributed by atoms with Crippen molar-refractivity contribution in [2.75, 3.05) is 27.2 Å². The summed E-state index contributed by atoms with van der Waals surface area (Å²) in [6.07, 6.45) is 3.63. The summed E-state index contributed by atoms with van der Waals surface area (Å²) in [6.45, 7) is 2.40. The van der Waals surface area contributed by atoms with Crippen LogP contribution in [0.1, 0.15) is 18.5 Å². The second-order valence-corrected chi connectivity index (χ2v) is 4.54. The van der Waals surface area contributed by atoms with Gasteiger partial charge in [0.1, 0.15) is 0 Å². The Hall–Kier alpha value is -1.16. The van der Waals surface area contributed by atoms with Crippen molar-refractivity contribution in [2.24, 2.45) is 5.92 Å². The van der Waals surface area contributed by atoms with Crippen LogP contribution < -0.4 is 4.74 Å². The molecule has 16 heavy (non-hydrogen) atoms. The standard InChI is InChI=1S/C12H19N3O/c1-15-7-3-4-10(9-15)8-11-5-6-12(16-2)14-13-11/h5-6,10H,3-4,7-9H2,1-2H3. The summed E-state index contributed by atoms with van der Waals surface area (Å²) in [6, 6.07) is 3.90. The van der Waals surface area contributed by atoms with Crippen molar-refractivity contribution in [3.05, 3.63) is 17.8 Å². The Balaban J connectivity index is 1.92. The molecule has 1 aromatic rings. The van der Waals surface area contributed by atoms with Gasteiger partial charge in [-0.15, -0.1) is 5.10 Å². The van der Waals surface area contributed by atoms with E-state index in [1.165, 1.54) is 25.9 Å². The Labute approximate surface area is 96.6 Å². The van der Waals surface area contributed by atoms with Crippen LogP contribution in [0.5, 0.6) is 5.88 Å². The smallest absolute Gasteiger partial charge is 0.233 e. The summed E-state index contributed by atoms with van der Waals surface area (Å²) in [5.41, 5.74) is 1.07. The molecular weight excluding hydrogens is 202 g/mol. The van der Waals surface area contributed by atoms with Crippen molar-refractivity contribution in [3.63, 3.8) is 0 Å². The van der Waals surface area contributed by atoms with E-state index in [4.69, 9.17) is 4.74 Å². The second kappa shape index (κ2) is 5.25. The Morgan fingerprint density at radius 3 is 2.94 bits per heavy atom. The number of rotatable bonds is 3. The molecule has 0 radical (unpaired) electrons. The maximum Gasteiger partial charge on any atom is 0.233 e. The van der Waals surface area contributed by atoms with Gasteiger partial charge in [0, 0.05) is 12.6 Å². The van der Waals surface area contributed by atoms with Crippen molar-refractivity contribution in [1.29, 1.82) is 0 Å². The van der Waals surface area contributed by atoms with Gasteiger partial charge in [0.2, 0.25) is 5.88 Å². The SMILES string of the molecule is COc1ccc(CC2CCCN(C)C2)nn1. The summed E-state index contributed by atoms with van der Waals surface area (Å²) in [5, 5.41) is 8.17. The molecule has 1 aliphatic heterocycles. The van der Waals surface area contributed by atoms with E-state index in [9.17, 15) is 0 Å². The Morgan fingerprint density at radius 1 is 1.44 bits per heavy atom. The van der Waals surface area contributed by atoms with Gasteiger partial charge in [-0.25, -0.2) is 0 Å². The van der Waals surface area contributed by atoms with Crippen LogP contribution in [0.15, 0.2) is 12.1 Å². The third-order valence-electron chi connectivity index (χ3n) is 3.12. The third-order valence-corrected chi connectivity index (χ3v) is 3.12. The lowest BCUT2D eigenvalue weighted by Crippen LogP contribution is -2.33. The Bertz CT molecular complexity index is 326. The lowest BCUT2D eigenvalue weighted by atomic mass is 9.94. The summed E-state index contributed by atoms with van der Waals surface area (Å²) < 4.78 is 4.99. The highest BCUT2D eigenvalue weighted by Crippen LogP contribution is 2.19. The van der Waals surface area contributed by atoms with Crippen LogP contribution in [0.4, 0.5) is 0 Å². The number of hydrogen-bond donors (Lipinski definition) is 0. The zero-order chi connectivity index (χ0) is 11.4. The molecule has 0 saturated carbocycles. The fourth-order valence-electron chi connectivity index (χ4n) is 2.30. The van der Waals surface area contributed by atoms with Gasteiger partial charge in [-0.1, -0.05) is 0 Å². The van der Waals surface area contributed by atoms with E-state index in [0.717, 1.165) is 18.0 Å². The van der Waals surface area contributed by atoms with Crippen LogP contribution in [-0.2, 0) is 6.42 Å². The average molecular weight is 221 g/mol. The van der Waals surface area contributed by atoms with Crippen LogP contribution in [0.2, 0.25) is 0 Å². The molecule has 0 spiro atoms. The number of hydrogen-bond acceptors (Lipinski definition) is 4. The number of piperidine rings is 1. The van der Waals surface area contributed by atoms with Crippen molar-refractivity contribution in [2.45, 2.75) is 19.3 Å². The van der Waals surface area contributed by atoms with Gasteiger partial charge in [0.25, 0.3) is 0 Å². The van der Waals surface area contributed by atoms with Crippen LogP contribution in [0.25, 0.3) is 0 Å². The van der Waals surface area contributed by atoms with Gasteiger partial charge in [-0.05, 0) is 44.8 Å². The third kappa shape index (κ3) is 2.92. The van der Waals surface area contributed by atoms with Crippen LogP contribution >= 0.6 is 0 Å². The molecule has 0 N–H and O–H groups in total. The second-order valence-electron chi connectivity index (χ2n) is 4.54. The fourth-order valence-corrected chi connectivity index (χ4v) is 2.30. The molecule has 0 amide bonds. The first-order valence-corrected chi connectivity index (χ1v) is 5.83. The lowest BCUT2D eigenvalue weighted by Gasteiger charge is -2.29. The monoisotopic (exact) mass is 221 g/mol. The lowest BCUT2D eigenvalue weighted by molar-refractivity contribution is 0.208. The molecule has 2 heterocycles. The van der Waals surface area contributed by atoms with E-state index in [-0.39, 0.29) is 0 Å². The number of methoxy groups -OCH3 is 1. The molecule has 1 atom stereocenters. The first kappa shape index (κ1) is 11.3. The van der Waals surface area contributed by atoms with Gasteiger partial charge < -0.3 is 9.64 Å². The highest BCUT2D eigenvalue weighted by molar-refractivity contribution is 5.11. The number of aromatic nitrogens is 2. The topological polar surface area (TPSA) is 38.2 Å². The van der Waals surface area contributed by atoms with Gasteiger partial charge in [-0.2, -0.15) is 5.10 Å². The molecule has 0 aromatic carbocycles. The van der Waals surface area contributed by atoms with Crippen molar-refractivity contribution in [1.82, 2.24) is 15.1 Å². The largest absolute Gasteiger partial charge is 0.480 e. The van der Waals surface area contributed by atoms with E-state index < -0.39 is 0 Å². The van der Waals surface area contributed by atoms with Crippen molar-refractivity contribution < 1.29 is 4.74 Å². The quantitative estimate of drug-likeness (QED) is 0.772. The maximum absolute atomic E-state index is 4.99. The molecule has 1 aromatic heterocycles. The summed E-state index contributed by atoms with van der Waals surface area (Å²) in [7, 11) is 3.80. The maximum atomic E-state index is 4.99. The van der Waals surface area contributed by atoms with E-state index in [0.29, 0.717) is 5.88 Å². The molecule has 2 rings (SSSR count). The predicted molar refractivity (Wildman–Crippen MR) is 62.5 cm³/mol. The zero-order valence-electron chi connectivity index (χ0n) is 10.0. The minimum absolute atomic E-state index is 0.588. The predicted octanol–water partition coefficient (Wildman–Crippen LogP) is 1.37. The summed E-state index contributed by atoms with van der Waals surface area (Å²) >= 11 is 0. The van der Waals surface area contributed by atoms with Crippen LogP contribution in [-0.4, -0.2) is 42.3 Å². The molecule has 88 valence electrons. The first-order chi connectivity index (χ1) is 7.78. The van der Waals surface area contributed by atoms with Gasteiger partial charge in [-0.3, -0.25) is 0 Å². The molecule has 4 heteroatoms. The van der Waals surface area contributed by atoms with Gasteiger partial charge in [0.05, 0.1) is 12.8 Å². The molecule has 1 saturated heterocycles. The van der Waals surface area contributed by atoms with E-state index >= 15 is 0 Å². The molecule has 0 bridgehead atoms. The van der Waals surface area contributed by atoms with Gasteiger partial charge >= 0.3 is 0 Å². The van der Waals surface area contributed by atoms with Crippen molar-refractivity contribution in [3.8, 4) is 5.88 Å². The van der Waals surface area contributed by atoms with E-state index in [2.05, 4.69) is 22.1 Å². The Morgan fingerprint density at radius 2 is 2.31 bits per heavy atom. The van der Waals surface area contributed by atoms with Crippen molar-refractivity contribution >= 4 is 0 Å². The number of ether oxygens (including phenoxy) is 1.